The van der Waals surface area contributed by atoms with Crippen molar-refractivity contribution in [2.75, 3.05) is 13.7 Å². The van der Waals surface area contributed by atoms with E-state index in [1.165, 1.54) is 6.08 Å². The van der Waals surface area contributed by atoms with Gasteiger partial charge in [-0.2, -0.15) is 0 Å². The van der Waals surface area contributed by atoms with Crippen molar-refractivity contribution in [2.24, 2.45) is 0 Å². The molecule has 0 aliphatic rings. The number of ketones is 1. The molecule has 5 nitrogen and oxygen atoms in total. The van der Waals surface area contributed by atoms with Crippen LogP contribution in [-0.4, -0.2) is 31.6 Å². The van der Waals surface area contributed by atoms with Gasteiger partial charge in [-0.1, -0.05) is 18.2 Å². The number of methoxy groups -OCH3 is 1. The highest BCUT2D eigenvalue weighted by molar-refractivity contribution is 6.01. The van der Waals surface area contributed by atoms with Gasteiger partial charge in [0.15, 0.2) is 17.6 Å². The van der Waals surface area contributed by atoms with Gasteiger partial charge in [0, 0.05) is 11.6 Å². The van der Waals surface area contributed by atoms with Crippen molar-refractivity contribution in [1.82, 2.24) is 0 Å². The quantitative estimate of drug-likeness (QED) is 0.381. The van der Waals surface area contributed by atoms with Gasteiger partial charge in [-0.15, -0.1) is 0 Å². The molecule has 0 aliphatic heterocycles. The Balaban J connectivity index is 2.02. The summed E-state index contributed by atoms with van der Waals surface area (Å²) in [6.45, 7) is 7.92. The van der Waals surface area contributed by atoms with Crippen molar-refractivity contribution >= 4 is 17.8 Å². The number of carbonyl (C=O) groups is 2. The third kappa shape index (κ3) is 5.46. The second kappa shape index (κ2) is 9.74. The normalized spacial score (nSPS) is 11.9. The Bertz CT molecular complexity index is 883. The van der Waals surface area contributed by atoms with Crippen LogP contribution in [0, 0.1) is 13.8 Å². The minimum Gasteiger partial charge on any atom is -0.493 e. The van der Waals surface area contributed by atoms with E-state index in [0.29, 0.717) is 23.7 Å². The number of hydrogen-bond acceptors (Lipinski definition) is 5. The molecule has 0 amide bonds. The molecule has 0 saturated carbocycles. The molecule has 148 valence electrons. The third-order valence-electron chi connectivity index (χ3n) is 4.35. The second-order valence-electron chi connectivity index (χ2n) is 6.42. The summed E-state index contributed by atoms with van der Waals surface area (Å²) in [5.74, 6) is 0.401. The number of hydrogen-bond donors (Lipinski definition) is 0. The van der Waals surface area contributed by atoms with Gasteiger partial charge in [-0.25, -0.2) is 4.79 Å². The van der Waals surface area contributed by atoms with Crippen molar-refractivity contribution in [3.05, 3.63) is 64.7 Å². The van der Waals surface area contributed by atoms with Crippen LogP contribution in [0.1, 0.15) is 40.9 Å². The smallest absolute Gasteiger partial charge is 0.331 e. The molecule has 1 atom stereocenters. The minimum absolute atomic E-state index is 0.229. The Morgan fingerprint density at radius 3 is 2.43 bits per heavy atom. The van der Waals surface area contributed by atoms with Crippen LogP contribution in [0.4, 0.5) is 0 Å². The van der Waals surface area contributed by atoms with Crippen LogP contribution >= 0.6 is 0 Å². The molecule has 2 aromatic carbocycles. The first-order valence-corrected chi connectivity index (χ1v) is 9.16. The van der Waals surface area contributed by atoms with Crippen molar-refractivity contribution in [3.63, 3.8) is 0 Å². The fraction of sp³-hybridized carbons (Fsp3) is 0.304. The van der Waals surface area contributed by atoms with Crippen LogP contribution in [0.25, 0.3) is 6.08 Å². The third-order valence-corrected chi connectivity index (χ3v) is 4.35. The van der Waals surface area contributed by atoms with Gasteiger partial charge in [0.05, 0.1) is 13.7 Å². The summed E-state index contributed by atoms with van der Waals surface area (Å²) in [4.78, 5) is 24.6. The van der Waals surface area contributed by atoms with E-state index >= 15 is 0 Å². The van der Waals surface area contributed by atoms with Crippen LogP contribution in [0.2, 0.25) is 0 Å². The predicted molar refractivity (Wildman–Crippen MR) is 109 cm³/mol. The summed E-state index contributed by atoms with van der Waals surface area (Å²) < 4.78 is 16.0. The maximum atomic E-state index is 12.5. The van der Waals surface area contributed by atoms with E-state index in [2.05, 4.69) is 0 Å². The van der Waals surface area contributed by atoms with Crippen LogP contribution in [-0.2, 0) is 9.53 Å². The Hall–Kier alpha value is -3.08. The number of aryl methyl sites for hydroxylation is 2. The highest BCUT2D eigenvalue weighted by Crippen LogP contribution is 2.28. The van der Waals surface area contributed by atoms with Gasteiger partial charge in [0.2, 0.25) is 5.78 Å². The molecule has 0 aliphatic carbocycles. The lowest BCUT2D eigenvalue weighted by Gasteiger charge is -2.12. The molecule has 2 aromatic rings. The van der Waals surface area contributed by atoms with Gasteiger partial charge < -0.3 is 14.2 Å². The lowest BCUT2D eigenvalue weighted by atomic mass is 10.0. The maximum Gasteiger partial charge on any atom is 0.331 e. The molecule has 0 radical (unpaired) electrons. The van der Waals surface area contributed by atoms with Crippen molar-refractivity contribution in [1.29, 1.82) is 0 Å². The molecule has 0 saturated heterocycles. The number of esters is 1. The fourth-order valence-corrected chi connectivity index (χ4v) is 2.62. The number of carbonyl (C=O) groups excluding carboxylic acids is 2. The van der Waals surface area contributed by atoms with Crippen LogP contribution in [0.3, 0.4) is 0 Å². The largest absolute Gasteiger partial charge is 0.493 e. The summed E-state index contributed by atoms with van der Waals surface area (Å²) in [7, 11) is 1.56. The molecule has 28 heavy (non-hydrogen) atoms. The zero-order chi connectivity index (χ0) is 20.7. The Kier molecular flexibility index (Phi) is 7.38. The molecular weight excluding hydrogens is 356 g/mol. The van der Waals surface area contributed by atoms with E-state index in [9.17, 15) is 9.59 Å². The Morgan fingerprint density at radius 1 is 1.04 bits per heavy atom. The Labute approximate surface area is 165 Å². The number of rotatable bonds is 8. The van der Waals surface area contributed by atoms with E-state index in [4.69, 9.17) is 14.2 Å². The first kappa shape index (κ1) is 21.2. The monoisotopic (exact) mass is 382 g/mol. The first-order chi connectivity index (χ1) is 13.3. The van der Waals surface area contributed by atoms with E-state index in [1.807, 2.05) is 32.9 Å². The van der Waals surface area contributed by atoms with Gasteiger partial charge in [0.1, 0.15) is 0 Å². The molecule has 0 aromatic heterocycles. The highest BCUT2D eigenvalue weighted by atomic mass is 16.5. The van der Waals surface area contributed by atoms with Crippen molar-refractivity contribution in [3.8, 4) is 11.5 Å². The summed E-state index contributed by atoms with van der Waals surface area (Å²) >= 11 is 0. The zero-order valence-electron chi connectivity index (χ0n) is 16.9. The summed E-state index contributed by atoms with van der Waals surface area (Å²) in [5.41, 5.74) is 3.41. The lowest BCUT2D eigenvalue weighted by Crippen LogP contribution is -2.23. The average Bonchev–Trinajstić information content (AvgIpc) is 2.68. The van der Waals surface area contributed by atoms with Gasteiger partial charge >= 0.3 is 5.97 Å². The average molecular weight is 382 g/mol. The molecule has 0 spiro atoms. The second-order valence-corrected chi connectivity index (χ2v) is 6.42. The highest BCUT2D eigenvalue weighted by Gasteiger charge is 2.19. The molecule has 0 heterocycles. The molecule has 0 bridgehead atoms. The molecular formula is C23H26O5. The summed E-state index contributed by atoms with van der Waals surface area (Å²) in [6.07, 6.45) is 2.03. The van der Waals surface area contributed by atoms with E-state index in [-0.39, 0.29) is 5.78 Å². The van der Waals surface area contributed by atoms with Gasteiger partial charge in [0.25, 0.3) is 0 Å². The van der Waals surface area contributed by atoms with E-state index < -0.39 is 12.1 Å². The zero-order valence-corrected chi connectivity index (χ0v) is 16.9. The Morgan fingerprint density at radius 2 is 1.79 bits per heavy atom. The van der Waals surface area contributed by atoms with E-state index in [1.54, 1.807) is 44.4 Å². The van der Waals surface area contributed by atoms with Crippen molar-refractivity contribution < 1.29 is 23.8 Å². The number of Topliss-reactive ketones (excluding diaryl/α,β-unsaturated/α-hetero) is 1. The number of ether oxygens (including phenoxy) is 3. The maximum absolute atomic E-state index is 12.5. The fourth-order valence-electron chi connectivity index (χ4n) is 2.62. The van der Waals surface area contributed by atoms with Crippen LogP contribution < -0.4 is 9.47 Å². The van der Waals surface area contributed by atoms with E-state index in [0.717, 1.165) is 16.7 Å². The molecule has 2 rings (SSSR count). The summed E-state index contributed by atoms with van der Waals surface area (Å²) in [6, 6.07) is 10.8. The predicted octanol–water partition coefficient (Wildman–Crippen LogP) is 4.54. The summed E-state index contributed by atoms with van der Waals surface area (Å²) in [5, 5.41) is 0. The SMILES string of the molecule is CCOc1ccc(/C=C/C(=O)O[C@H](C)C(=O)c2ccc(C)c(C)c2)cc1OC. The lowest BCUT2D eigenvalue weighted by molar-refractivity contribution is -0.140. The molecule has 0 unspecified atom stereocenters. The first-order valence-electron chi connectivity index (χ1n) is 9.16. The molecule has 0 fully saturated rings. The van der Waals surface area contributed by atoms with Crippen molar-refractivity contribution in [2.45, 2.75) is 33.8 Å². The minimum atomic E-state index is -0.867. The molecule has 5 heteroatoms. The number of benzene rings is 2. The molecule has 0 N–H and O–H groups in total. The van der Waals surface area contributed by atoms with Crippen LogP contribution in [0.5, 0.6) is 11.5 Å². The van der Waals surface area contributed by atoms with Gasteiger partial charge in [-0.3, -0.25) is 4.79 Å². The topological polar surface area (TPSA) is 61.8 Å². The standard InChI is InChI=1S/C23H26O5/c1-6-27-20-11-8-18(14-21(20)26-5)9-12-22(24)28-17(4)23(25)19-10-7-15(2)16(3)13-19/h7-14,17H,6H2,1-5H3/b12-9+/t17-/m1/s1. The van der Waals surface area contributed by atoms with Gasteiger partial charge in [-0.05, 0) is 68.7 Å². The van der Waals surface area contributed by atoms with Crippen LogP contribution in [0.15, 0.2) is 42.5 Å².